The molecule has 0 bridgehead atoms. The van der Waals surface area contributed by atoms with Crippen LogP contribution in [0.1, 0.15) is 28.4 Å². The van der Waals surface area contributed by atoms with E-state index < -0.39 is 35.6 Å². The van der Waals surface area contributed by atoms with Crippen molar-refractivity contribution >= 4 is 23.5 Å². The summed E-state index contributed by atoms with van der Waals surface area (Å²) < 4.78 is 5.25. The van der Waals surface area contributed by atoms with Gasteiger partial charge in [0.2, 0.25) is 5.91 Å². The van der Waals surface area contributed by atoms with Gasteiger partial charge in [0.15, 0.2) is 0 Å². The fourth-order valence-electron chi connectivity index (χ4n) is 2.74. The van der Waals surface area contributed by atoms with Crippen LogP contribution < -0.4 is 10.4 Å². The average Bonchev–Trinajstić information content (AvgIpc) is 2.97. The topological polar surface area (TPSA) is 116 Å². The maximum absolute atomic E-state index is 12.5. The summed E-state index contributed by atoms with van der Waals surface area (Å²) in [6.07, 6.45) is -0.762. The second-order valence-corrected chi connectivity index (χ2v) is 5.64. The van der Waals surface area contributed by atoms with Crippen molar-refractivity contribution in [2.24, 2.45) is 5.92 Å². The van der Waals surface area contributed by atoms with Crippen LogP contribution in [0.15, 0.2) is 48.5 Å². The molecule has 0 radical (unpaired) electrons. The number of benzene rings is 2. The molecule has 128 valence electrons. The van der Waals surface area contributed by atoms with Crippen molar-refractivity contribution in [2.45, 2.75) is 12.5 Å². The van der Waals surface area contributed by atoms with E-state index in [0.29, 0.717) is 5.56 Å². The Kier molecular flexibility index (Phi) is 4.38. The standard InChI is InChI=1S/C18H15NO6/c20-14-8-11(6-7-12(14)18(23)24)19-17(22)13-9-15(21)25-16(13)10-4-2-1-3-5-10/h1-8,13,16,20H,9H2,(H,19,22)(H,23,24)/p-1. The van der Waals surface area contributed by atoms with Gasteiger partial charge in [0, 0.05) is 5.69 Å². The molecule has 0 saturated carbocycles. The number of carboxylic acids is 1. The number of carbonyl (C=O) groups excluding carboxylic acids is 2. The summed E-state index contributed by atoms with van der Waals surface area (Å²) in [5.74, 6) is -3.71. The Morgan fingerprint density at radius 1 is 1.16 bits per heavy atom. The van der Waals surface area contributed by atoms with Gasteiger partial charge in [-0.3, -0.25) is 9.59 Å². The Morgan fingerprint density at radius 3 is 2.52 bits per heavy atom. The highest BCUT2D eigenvalue weighted by atomic mass is 16.6. The van der Waals surface area contributed by atoms with Gasteiger partial charge in [-0.25, -0.2) is 4.79 Å². The molecule has 1 amide bonds. The molecule has 2 aromatic carbocycles. The molecule has 3 rings (SSSR count). The first-order chi connectivity index (χ1) is 12.0. The molecular weight excluding hydrogens is 326 g/mol. The Bertz CT molecular complexity index is 833. The molecule has 2 N–H and O–H groups in total. The zero-order valence-electron chi connectivity index (χ0n) is 13.0. The van der Waals surface area contributed by atoms with E-state index in [-0.39, 0.29) is 17.7 Å². The quantitative estimate of drug-likeness (QED) is 0.819. The SMILES string of the molecule is O=C1CC(C(=O)Nc2ccc(C(=O)O)c([O-])c2)C(c2ccccc2)O1. The number of esters is 1. The van der Waals surface area contributed by atoms with Gasteiger partial charge in [0.1, 0.15) is 6.10 Å². The number of ether oxygens (including phenoxy) is 1. The molecule has 0 spiro atoms. The molecule has 1 aliphatic heterocycles. The van der Waals surface area contributed by atoms with Crippen LogP contribution in [-0.2, 0) is 14.3 Å². The summed E-state index contributed by atoms with van der Waals surface area (Å²) in [5.41, 5.74) is 0.505. The third kappa shape index (κ3) is 3.45. The first kappa shape index (κ1) is 16.5. The van der Waals surface area contributed by atoms with Crippen molar-refractivity contribution in [3.8, 4) is 5.75 Å². The maximum Gasteiger partial charge on any atom is 0.335 e. The Labute approximate surface area is 142 Å². The minimum atomic E-state index is -1.33. The van der Waals surface area contributed by atoms with Gasteiger partial charge in [-0.15, -0.1) is 0 Å². The smallest absolute Gasteiger partial charge is 0.335 e. The first-order valence-corrected chi connectivity index (χ1v) is 7.55. The van der Waals surface area contributed by atoms with Gasteiger partial charge in [0.25, 0.3) is 0 Å². The molecule has 7 nitrogen and oxygen atoms in total. The largest absolute Gasteiger partial charge is 0.872 e. The third-order valence-corrected chi connectivity index (χ3v) is 3.95. The lowest BCUT2D eigenvalue weighted by Crippen LogP contribution is -2.25. The van der Waals surface area contributed by atoms with Crippen LogP contribution >= 0.6 is 0 Å². The highest BCUT2D eigenvalue weighted by Crippen LogP contribution is 2.36. The van der Waals surface area contributed by atoms with Crippen LogP contribution in [0.4, 0.5) is 5.69 Å². The van der Waals surface area contributed by atoms with Crippen LogP contribution in [0.3, 0.4) is 0 Å². The number of hydrogen-bond acceptors (Lipinski definition) is 5. The maximum atomic E-state index is 12.5. The fourth-order valence-corrected chi connectivity index (χ4v) is 2.74. The second-order valence-electron chi connectivity index (χ2n) is 5.64. The summed E-state index contributed by atoms with van der Waals surface area (Å²) in [4.78, 5) is 35.0. The van der Waals surface area contributed by atoms with Crippen LogP contribution in [0, 0.1) is 5.92 Å². The normalized spacial score (nSPS) is 19.3. The van der Waals surface area contributed by atoms with Crippen molar-refractivity contribution in [3.05, 3.63) is 59.7 Å². The van der Waals surface area contributed by atoms with E-state index in [0.717, 1.165) is 12.1 Å². The van der Waals surface area contributed by atoms with Crippen molar-refractivity contribution in [1.82, 2.24) is 0 Å². The Hall–Kier alpha value is -3.35. The van der Waals surface area contributed by atoms with E-state index >= 15 is 0 Å². The van der Waals surface area contributed by atoms with E-state index in [1.807, 2.05) is 6.07 Å². The van der Waals surface area contributed by atoms with Crippen molar-refractivity contribution in [2.75, 3.05) is 5.32 Å². The number of carbonyl (C=O) groups is 3. The number of hydrogen-bond donors (Lipinski definition) is 2. The van der Waals surface area contributed by atoms with Crippen molar-refractivity contribution in [1.29, 1.82) is 0 Å². The number of aromatic carboxylic acids is 1. The summed E-state index contributed by atoms with van der Waals surface area (Å²) in [5, 5.41) is 23.1. The van der Waals surface area contributed by atoms with E-state index in [4.69, 9.17) is 9.84 Å². The number of nitrogens with one attached hydrogen (secondary N) is 1. The fraction of sp³-hybridized carbons (Fsp3) is 0.167. The van der Waals surface area contributed by atoms with E-state index in [9.17, 15) is 19.5 Å². The molecule has 25 heavy (non-hydrogen) atoms. The van der Waals surface area contributed by atoms with E-state index in [1.54, 1.807) is 24.3 Å². The number of carboxylic acid groups (broad SMARTS) is 1. The van der Waals surface area contributed by atoms with Crippen LogP contribution in [0.5, 0.6) is 5.75 Å². The highest BCUT2D eigenvalue weighted by molar-refractivity contribution is 5.97. The minimum Gasteiger partial charge on any atom is -0.872 e. The zero-order chi connectivity index (χ0) is 18.0. The Balaban J connectivity index is 1.79. The monoisotopic (exact) mass is 340 g/mol. The molecular formula is C18H14NO6-. The summed E-state index contributed by atoms with van der Waals surface area (Å²) >= 11 is 0. The summed E-state index contributed by atoms with van der Waals surface area (Å²) in [6.45, 7) is 0. The van der Waals surface area contributed by atoms with Crippen LogP contribution in [-0.4, -0.2) is 23.0 Å². The third-order valence-electron chi connectivity index (χ3n) is 3.95. The van der Waals surface area contributed by atoms with Gasteiger partial charge in [-0.2, -0.15) is 0 Å². The van der Waals surface area contributed by atoms with Gasteiger partial charge in [-0.1, -0.05) is 36.1 Å². The van der Waals surface area contributed by atoms with Gasteiger partial charge in [-0.05, 0) is 23.8 Å². The lowest BCUT2D eigenvalue weighted by atomic mass is 9.94. The van der Waals surface area contributed by atoms with Crippen LogP contribution in [0.2, 0.25) is 0 Å². The molecule has 7 heteroatoms. The van der Waals surface area contributed by atoms with Crippen molar-refractivity contribution in [3.63, 3.8) is 0 Å². The number of rotatable bonds is 4. The average molecular weight is 340 g/mol. The lowest BCUT2D eigenvalue weighted by molar-refractivity contribution is -0.268. The zero-order valence-corrected chi connectivity index (χ0v) is 13.0. The molecule has 2 atom stereocenters. The van der Waals surface area contributed by atoms with Crippen molar-refractivity contribution < 1.29 is 29.3 Å². The van der Waals surface area contributed by atoms with E-state index in [2.05, 4.69) is 5.32 Å². The Morgan fingerprint density at radius 2 is 1.88 bits per heavy atom. The van der Waals surface area contributed by atoms with Gasteiger partial charge in [0.05, 0.1) is 17.9 Å². The predicted molar refractivity (Wildman–Crippen MR) is 84.9 cm³/mol. The predicted octanol–water partition coefficient (Wildman–Crippen LogP) is 1.70. The molecule has 1 heterocycles. The molecule has 0 aliphatic carbocycles. The second kappa shape index (κ2) is 6.64. The van der Waals surface area contributed by atoms with Gasteiger partial charge < -0.3 is 20.3 Å². The summed E-state index contributed by atoms with van der Waals surface area (Å²) in [7, 11) is 0. The number of anilines is 1. The highest BCUT2D eigenvalue weighted by Gasteiger charge is 2.40. The molecule has 1 aliphatic rings. The first-order valence-electron chi connectivity index (χ1n) is 7.55. The minimum absolute atomic E-state index is 0.0666. The molecule has 0 aromatic heterocycles. The van der Waals surface area contributed by atoms with Gasteiger partial charge >= 0.3 is 11.9 Å². The molecule has 1 fully saturated rings. The number of amides is 1. The molecule has 1 saturated heterocycles. The van der Waals surface area contributed by atoms with E-state index in [1.165, 1.54) is 6.07 Å². The molecule has 2 unspecified atom stereocenters. The summed E-state index contributed by atoms with van der Waals surface area (Å²) in [6, 6.07) is 12.4. The lowest BCUT2D eigenvalue weighted by Gasteiger charge is -2.18. The van der Waals surface area contributed by atoms with Crippen LogP contribution in [0.25, 0.3) is 0 Å². The number of cyclic esters (lactones) is 1. The molecule has 2 aromatic rings.